The van der Waals surface area contributed by atoms with Gasteiger partial charge in [0.05, 0.1) is 30.9 Å². The maximum Gasteiger partial charge on any atom is 0.288 e. The molecule has 0 aromatic heterocycles. The molecule has 0 amide bonds. The van der Waals surface area contributed by atoms with Gasteiger partial charge in [-0.05, 0) is 43.3 Å². The third-order valence-corrected chi connectivity index (χ3v) is 5.78. The lowest BCUT2D eigenvalue weighted by Crippen LogP contribution is -2.29. The van der Waals surface area contributed by atoms with Crippen LogP contribution >= 0.6 is 11.6 Å². The smallest absolute Gasteiger partial charge is 0.288 e. The van der Waals surface area contributed by atoms with Crippen molar-refractivity contribution in [3.05, 3.63) is 71.5 Å². The van der Waals surface area contributed by atoms with Crippen LogP contribution in [0.1, 0.15) is 24.5 Å². The third-order valence-electron chi connectivity index (χ3n) is 5.49. The van der Waals surface area contributed by atoms with Crippen molar-refractivity contribution in [1.82, 2.24) is 5.32 Å². The molecule has 2 aromatic rings. The second kappa shape index (κ2) is 10.5. The van der Waals surface area contributed by atoms with Gasteiger partial charge in [0.15, 0.2) is 17.6 Å². The molecular weight excluding hydrogens is 469 g/mol. The third kappa shape index (κ3) is 6.12. The van der Waals surface area contributed by atoms with E-state index in [9.17, 15) is 18.3 Å². The van der Waals surface area contributed by atoms with Crippen molar-refractivity contribution in [3.8, 4) is 11.5 Å². The Morgan fingerprint density at radius 3 is 2.50 bits per heavy atom. The van der Waals surface area contributed by atoms with Crippen LogP contribution in [0.25, 0.3) is 11.4 Å². The van der Waals surface area contributed by atoms with Gasteiger partial charge in [-0.3, -0.25) is 4.99 Å². The first kappa shape index (κ1) is 25.6. The van der Waals surface area contributed by atoms with Crippen LogP contribution in [0.3, 0.4) is 0 Å². The number of ether oxygens (including phenoxy) is 2. The zero-order chi connectivity index (χ0) is 25.0. The molecule has 2 atom stereocenters. The van der Waals surface area contributed by atoms with E-state index in [1.807, 2.05) is 0 Å². The fourth-order valence-electron chi connectivity index (χ4n) is 3.16. The van der Waals surface area contributed by atoms with Crippen molar-refractivity contribution < 1.29 is 27.8 Å². The van der Waals surface area contributed by atoms with Gasteiger partial charge in [-0.2, -0.15) is 0 Å². The molecule has 0 aliphatic heterocycles. The number of methoxy groups -OCH3 is 1. The van der Waals surface area contributed by atoms with Crippen LogP contribution in [0.4, 0.5) is 13.2 Å². The Morgan fingerprint density at radius 2 is 1.91 bits per heavy atom. The molecule has 5 nitrogen and oxygen atoms in total. The lowest BCUT2D eigenvalue weighted by molar-refractivity contribution is 0.0655. The lowest BCUT2D eigenvalue weighted by Gasteiger charge is -2.19. The summed E-state index contributed by atoms with van der Waals surface area (Å²) in [4.78, 5) is 4.44. The van der Waals surface area contributed by atoms with E-state index in [0.29, 0.717) is 40.5 Å². The molecule has 1 fully saturated rings. The van der Waals surface area contributed by atoms with Gasteiger partial charge in [0.1, 0.15) is 5.82 Å². The zero-order valence-corrected chi connectivity index (χ0v) is 19.6. The first-order chi connectivity index (χ1) is 16.1. The van der Waals surface area contributed by atoms with E-state index in [1.165, 1.54) is 25.3 Å². The second-order valence-electron chi connectivity index (χ2n) is 8.01. The van der Waals surface area contributed by atoms with Crippen LogP contribution in [0.15, 0.2) is 54.5 Å². The molecule has 2 aromatic carbocycles. The number of aliphatic hydroxyl groups excluding tert-OH is 1. The van der Waals surface area contributed by atoms with Gasteiger partial charge in [0.2, 0.25) is 0 Å². The summed E-state index contributed by atoms with van der Waals surface area (Å²) >= 11 is 5.82. The fraction of sp³-hybridized carbons (Fsp3) is 0.320. The van der Waals surface area contributed by atoms with Gasteiger partial charge < -0.3 is 19.9 Å². The Labute approximate surface area is 201 Å². The molecule has 2 N–H and O–H groups in total. The van der Waals surface area contributed by atoms with Crippen LogP contribution in [0.2, 0.25) is 5.02 Å². The predicted octanol–water partition coefficient (Wildman–Crippen LogP) is 5.57. The molecule has 0 bridgehead atoms. The van der Waals surface area contributed by atoms with Crippen LogP contribution in [0, 0.1) is 11.7 Å². The monoisotopic (exact) mass is 494 g/mol. The summed E-state index contributed by atoms with van der Waals surface area (Å²) in [7, 11) is 1.43. The SMILES string of the molecule is C=C(N=C(C)C(CO)CNC(=C)c1ccc(OC2CC2(F)F)c(OC)c1)c1ccc(F)c(Cl)c1. The summed E-state index contributed by atoms with van der Waals surface area (Å²) in [6.07, 6.45) is -1.45. The summed E-state index contributed by atoms with van der Waals surface area (Å²) in [5, 5.41) is 13.0. The Hall–Kier alpha value is -2.97. The zero-order valence-electron chi connectivity index (χ0n) is 18.9. The molecule has 0 saturated heterocycles. The highest BCUT2D eigenvalue weighted by Gasteiger charge is 2.60. The van der Waals surface area contributed by atoms with Gasteiger partial charge in [0.25, 0.3) is 5.92 Å². The first-order valence-electron chi connectivity index (χ1n) is 10.5. The summed E-state index contributed by atoms with van der Waals surface area (Å²) in [5.74, 6) is -3.14. The minimum Gasteiger partial charge on any atom is -0.493 e. The average Bonchev–Trinajstić information content (AvgIpc) is 3.41. The topological polar surface area (TPSA) is 63.1 Å². The van der Waals surface area contributed by atoms with Crippen molar-refractivity contribution in [3.63, 3.8) is 0 Å². The highest BCUT2D eigenvalue weighted by Crippen LogP contribution is 2.46. The van der Waals surface area contributed by atoms with Crippen molar-refractivity contribution in [2.75, 3.05) is 20.3 Å². The normalized spacial score (nSPS) is 17.6. The van der Waals surface area contributed by atoms with E-state index >= 15 is 0 Å². The molecule has 34 heavy (non-hydrogen) atoms. The first-order valence-corrected chi connectivity index (χ1v) is 10.9. The molecular formula is C25H26ClF3N2O3. The molecule has 1 saturated carbocycles. The van der Waals surface area contributed by atoms with Crippen molar-refractivity contribution >= 4 is 28.7 Å². The quantitative estimate of drug-likeness (QED) is 0.401. The number of aliphatic imine (C=N–C) groups is 1. The maximum atomic E-state index is 13.4. The lowest BCUT2D eigenvalue weighted by atomic mass is 10.0. The Bertz CT molecular complexity index is 1120. The molecule has 9 heteroatoms. The number of benzene rings is 2. The molecule has 0 radical (unpaired) electrons. The van der Waals surface area contributed by atoms with E-state index in [1.54, 1.807) is 25.1 Å². The van der Waals surface area contributed by atoms with E-state index in [0.717, 1.165) is 0 Å². The van der Waals surface area contributed by atoms with Gasteiger partial charge in [0, 0.05) is 35.0 Å². The van der Waals surface area contributed by atoms with Crippen molar-refractivity contribution in [2.24, 2.45) is 10.9 Å². The van der Waals surface area contributed by atoms with Gasteiger partial charge >= 0.3 is 0 Å². The molecule has 1 aliphatic carbocycles. The average molecular weight is 495 g/mol. The molecule has 3 rings (SSSR count). The summed E-state index contributed by atoms with van der Waals surface area (Å²) in [6.45, 7) is 9.79. The Kier molecular flexibility index (Phi) is 7.94. The Morgan fingerprint density at radius 1 is 1.24 bits per heavy atom. The highest BCUT2D eigenvalue weighted by molar-refractivity contribution is 6.30. The molecule has 0 spiro atoms. The standard InChI is InChI=1S/C25H26ClF3N2O3/c1-14(18-6-8-22(23(10-18)33-4)34-24-11-25(24,28)29)30-12-19(13-32)16(3)31-15(2)17-5-7-21(27)20(26)9-17/h5-10,19,24,30,32H,1-2,11-13H2,3-4H3. The highest BCUT2D eigenvalue weighted by atomic mass is 35.5. The van der Waals surface area contributed by atoms with Crippen LogP contribution in [0.5, 0.6) is 11.5 Å². The van der Waals surface area contributed by atoms with Crippen LogP contribution in [-0.2, 0) is 0 Å². The molecule has 2 unspecified atom stereocenters. The van der Waals surface area contributed by atoms with Gasteiger partial charge in [-0.25, -0.2) is 13.2 Å². The number of rotatable bonds is 11. The molecule has 1 aliphatic rings. The van der Waals surface area contributed by atoms with E-state index in [-0.39, 0.29) is 29.7 Å². The number of nitrogens with one attached hydrogen (secondary N) is 1. The Balaban J connectivity index is 1.63. The summed E-state index contributed by atoms with van der Waals surface area (Å²) in [6, 6.07) is 9.09. The predicted molar refractivity (Wildman–Crippen MR) is 128 cm³/mol. The number of hydrogen-bond donors (Lipinski definition) is 2. The maximum absolute atomic E-state index is 13.4. The summed E-state index contributed by atoms with van der Waals surface area (Å²) < 4.78 is 50.3. The summed E-state index contributed by atoms with van der Waals surface area (Å²) in [5.41, 5.74) is 2.77. The van der Waals surface area contributed by atoms with Crippen LogP contribution in [-0.4, -0.2) is 43.1 Å². The minimum absolute atomic E-state index is 0.0270. The minimum atomic E-state index is -2.80. The van der Waals surface area contributed by atoms with Crippen LogP contribution < -0.4 is 14.8 Å². The number of alkyl halides is 2. The molecule has 182 valence electrons. The van der Waals surface area contributed by atoms with Gasteiger partial charge in [-0.15, -0.1) is 0 Å². The second-order valence-corrected chi connectivity index (χ2v) is 8.41. The molecule has 0 heterocycles. The van der Waals surface area contributed by atoms with Crippen molar-refractivity contribution in [2.45, 2.75) is 25.4 Å². The van der Waals surface area contributed by atoms with E-state index < -0.39 is 17.8 Å². The van der Waals surface area contributed by atoms with Crippen molar-refractivity contribution in [1.29, 1.82) is 0 Å². The number of nitrogens with zero attached hydrogens (tertiary/aromatic N) is 1. The number of hydrogen-bond acceptors (Lipinski definition) is 5. The largest absolute Gasteiger partial charge is 0.493 e. The number of aliphatic hydroxyl groups is 1. The van der Waals surface area contributed by atoms with Gasteiger partial charge in [-0.1, -0.05) is 24.8 Å². The number of halogens is 4. The fourth-order valence-corrected chi connectivity index (χ4v) is 3.34. The van der Waals surface area contributed by atoms with E-state index in [2.05, 4.69) is 23.5 Å². The van der Waals surface area contributed by atoms with E-state index in [4.69, 9.17) is 21.1 Å².